The molecule has 2 aromatic rings. The first-order valence-electron chi connectivity index (χ1n) is 6.19. The lowest BCUT2D eigenvalue weighted by Gasteiger charge is -1.97. The van der Waals surface area contributed by atoms with Crippen LogP contribution in [-0.2, 0) is 6.54 Å². The van der Waals surface area contributed by atoms with Crippen LogP contribution in [-0.4, -0.2) is 14.5 Å². The van der Waals surface area contributed by atoms with Crippen LogP contribution in [0.3, 0.4) is 0 Å². The highest BCUT2D eigenvalue weighted by Crippen LogP contribution is 2.08. The third kappa shape index (κ3) is 3.19. The van der Waals surface area contributed by atoms with Gasteiger partial charge in [-0.05, 0) is 25.5 Å². The van der Waals surface area contributed by atoms with E-state index in [0.717, 1.165) is 11.1 Å². The van der Waals surface area contributed by atoms with Gasteiger partial charge in [-0.3, -0.25) is 9.55 Å². The maximum absolute atomic E-state index is 11.3. The highest BCUT2D eigenvalue weighted by Gasteiger charge is 2.04. The average molecular weight is 237 g/mol. The van der Waals surface area contributed by atoms with E-state index in [4.69, 9.17) is 0 Å². The number of unbranched alkanes of at least 4 members (excludes halogenated alkanes) is 1. The first kappa shape index (κ1) is 13.5. The van der Waals surface area contributed by atoms with Crippen molar-refractivity contribution in [3.63, 3.8) is 0 Å². The topological polar surface area (TPSA) is 50.7 Å². The lowest BCUT2D eigenvalue weighted by Crippen LogP contribution is -2.14. The minimum atomic E-state index is -0.0874. The molecule has 0 fully saturated rings. The Hall–Kier alpha value is -1.58. The van der Waals surface area contributed by atoms with E-state index < -0.39 is 0 Å². The number of hydrogen-bond donors (Lipinski definition) is 1. The molecule has 0 aliphatic carbocycles. The monoisotopic (exact) mass is 237 g/mol. The van der Waals surface area contributed by atoms with Crippen molar-refractivity contribution >= 4 is 11.2 Å². The maximum atomic E-state index is 11.3. The highest BCUT2D eigenvalue weighted by molar-refractivity contribution is 5.71. The normalized spacial score (nSPS) is 10.1. The molecule has 2 heterocycles. The number of aromatic nitrogens is 3. The Morgan fingerprint density at radius 2 is 2.00 bits per heavy atom. The third-order valence-electron chi connectivity index (χ3n) is 2.58. The van der Waals surface area contributed by atoms with E-state index in [0.29, 0.717) is 12.2 Å². The molecule has 0 aliphatic rings. The molecule has 0 unspecified atom stereocenters. The summed E-state index contributed by atoms with van der Waals surface area (Å²) in [4.78, 5) is 18.2. The number of aryl methyl sites for hydroxylation is 2. The number of H-pyrrole nitrogens is 1. The molecule has 17 heavy (non-hydrogen) atoms. The van der Waals surface area contributed by atoms with Gasteiger partial charge in [0.1, 0.15) is 0 Å². The standard InChI is InChI=1S/C9H11N3O.C4H10.H2/c1-3-12-7-4-6(2)5-10-8(7)11-9(12)13;1-3-4-2;/h4-5H,3H2,1-2H3,(H,10,11,13);3-4H2,1-2H3;1H. The van der Waals surface area contributed by atoms with E-state index >= 15 is 0 Å². The van der Waals surface area contributed by atoms with Crippen LogP contribution in [0.15, 0.2) is 17.1 Å². The van der Waals surface area contributed by atoms with Crippen molar-refractivity contribution in [3.8, 4) is 0 Å². The average Bonchev–Trinajstić information content (AvgIpc) is 2.64. The third-order valence-corrected chi connectivity index (χ3v) is 2.58. The molecular formula is C13H23N3O. The molecule has 0 aromatic carbocycles. The van der Waals surface area contributed by atoms with Crippen LogP contribution in [0.4, 0.5) is 0 Å². The smallest absolute Gasteiger partial charge is 0.291 e. The molecule has 0 saturated heterocycles. The number of nitrogens with one attached hydrogen (secondary N) is 1. The summed E-state index contributed by atoms with van der Waals surface area (Å²) >= 11 is 0. The van der Waals surface area contributed by atoms with Gasteiger partial charge in [-0.2, -0.15) is 0 Å². The first-order chi connectivity index (χ1) is 8.13. The second kappa shape index (κ2) is 6.23. The predicted molar refractivity (Wildman–Crippen MR) is 73.5 cm³/mol. The van der Waals surface area contributed by atoms with Gasteiger partial charge in [0.05, 0.1) is 5.52 Å². The molecule has 0 amide bonds. The van der Waals surface area contributed by atoms with Gasteiger partial charge in [-0.1, -0.05) is 26.7 Å². The molecule has 1 N–H and O–H groups in total. The number of imidazole rings is 1. The van der Waals surface area contributed by atoms with Gasteiger partial charge in [0.2, 0.25) is 0 Å². The fourth-order valence-corrected chi connectivity index (χ4v) is 1.45. The van der Waals surface area contributed by atoms with Crippen molar-refractivity contribution in [2.45, 2.75) is 47.1 Å². The zero-order valence-corrected chi connectivity index (χ0v) is 11.1. The van der Waals surface area contributed by atoms with Crippen LogP contribution in [0.2, 0.25) is 0 Å². The summed E-state index contributed by atoms with van der Waals surface area (Å²) in [6.45, 7) is 8.94. The quantitative estimate of drug-likeness (QED) is 0.872. The molecule has 0 saturated carbocycles. The molecule has 0 bridgehead atoms. The van der Waals surface area contributed by atoms with E-state index in [1.807, 2.05) is 19.9 Å². The predicted octanol–water partition coefficient (Wildman–Crippen LogP) is 3.11. The van der Waals surface area contributed by atoms with E-state index in [-0.39, 0.29) is 7.12 Å². The SMILES string of the molecule is CCCC.CCn1c(=O)[nH]c2ncc(C)cc21.[HH]. The first-order valence-corrected chi connectivity index (χ1v) is 6.19. The van der Waals surface area contributed by atoms with Crippen molar-refractivity contribution in [1.82, 2.24) is 14.5 Å². The molecule has 2 rings (SSSR count). The van der Waals surface area contributed by atoms with Gasteiger partial charge in [0.25, 0.3) is 0 Å². The number of nitrogens with zero attached hydrogens (tertiary/aromatic N) is 2. The Morgan fingerprint density at radius 1 is 1.35 bits per heavy atom. The minimum Gasteiger partial charge on any atom is -0.291 e. The number of rotatable bonds is 2. The zero-order valence-electron chi connectivity index (χ0n) is 11.1. The fraction of sp³-hybridized carbons (Fsp3) is 0.538. The molecule has 0 radical (unpaired) electrons. The van der Waals surface area contributed by atoms with Gasteiger partial charge in [-0.25, -0.2) is 9.78 Å². The van der Waals surface area contributed by atoms with Gasteiger partial charge >= 0.3 is 5.69 Å². The molecular weight excluding hydrogens is 214 g/mol. The Balaban J connectivity index is 0.000000512. The number of fused-ring (bicyclic) bond motifs is 1. The summed E-state index contributed by atoms with van der Waals surface area (Å²) in [5.41, 5.74) is 2.52. The van der Waals surface area contributed by atoms with Crippen LogP contribution >= 0.6 is 0 Å². The van der Waals surface area contributed by atoms with Gasteiger partial charge in [-0.15, -0.1) is 0 Å². The molecule has 96 valence electrons. The summed E-state index contributed by atoms with van der Waals surface area (Å²) < 4.78 is 1.68. The Labute approximate surface area is 103 Å². The summed E-state index contributed by atoms with van der Waals surface area (Å²) in [6, 6.07) is 1.96. The molecule has 0 aliphatic heterocycles. The van der Waals surface area contributed by atoms with Gasteiger partial charge in [0, 0.05) is 14.2 Å². The highest BCUT2D eigenvalue weighted by atomic mass is 16.1. The Kier molecular flexibility index (Phi) is 4.94. The van der Waals surface area contributed by atoms with Gasteiger partial charge < -0.3 is 0 Å². The Bertz CT molecular complexity index is 529. The molecule has 4 heteroatoms. The summed E-state index contributed by atoms with van der Waals surface area (Å²) in [7, 11) is 0. The van der Waals surface area contributed by atoms with Crippen molar-refractivity contribution in [3.05, 3.63) is 28.3 Å². The zero-order chi connectivity index (χ0) is 12.8. The number of pyridine rings is 1. The number of aromatic amines is 1. The second-order valence-electron chi connectivity index (χ2n) is 4.05. The van der Waals surface area contributed by atoms with E-state index in [1.54, 1.807) is 10.8 Å². The van der Waals surface area contributed by atoms with E-state index in [1.165, 1.54) is 12.8 Å². The molecule has 0 atom stereocenters. The van der Waals surface area contributed by atoms with Crippen LogP contribution in [0.1, 0.15) is 40.6 Å². The molecule has 2 aromatic heterocycles. The van der Waals surface area contributed by atoms with Crippen molar-refractivity contribution in [1.29, 1.82) is 0 Å². The van der Waals surface area contributed by atoms with Crippen LogP contribution in [0, 0.1) is 6.92 Å². The molecule has 4 nitrogen and oxygen atoms in total. The second-order valence-corrected chi connectivity index (χ2v) is 4.05. The lowest BCUT2D eigenvalue weighted by molar-refractivity contribution is 0.753. The largest absolute Gasteiger partial charge is 0.327 e. The maximum Gasteiger partial charge on any atom is 0.327 e. The minimum absolute atomic E-state index is 0. The van der Waals surface area contributed by atoms with Crippen LogP contribution in [0.5, 0.6) is 0 Å². The lowest BCUT2D eigenvalue weighted by atomic mass is 10.3. The van der Waals surface area contributed by atoms with Crippen LogP contribution in [0.25, 0.3) is 11.2 Å². The van der Waals surface area contributed by atoms with E-state index in [2.05, 4.69) is 23.8 Å². The molecule has 0 spiro atoms. The summed E-state index contributed by atoms with van der Waals surface area (Å²) in [6.07, 6.45) is 4.39. The van der Waals surface area contributed by atoms with Crippen molar-refractivity contribution in [2.24, 2.45) is 0 Å². The van der Waals surface area contributed by atoms with Crippen molar-refractivity contribution in [2.75, 3.05) is 0 Å². The number of hydrogen-bond acceptors (Lipinski definition) is 2. The fourth-order valence-electron chi connectivity index (χ4n) is 1.45. The summed E-state index contributed by atoms with van der Waals surface area (Å²) in [5, 5.41) is 0. The van der Waals surface area contributed by atoms with Crippen molar-refractivity contribution < 1.29 is 1.43 Å². The van der Waals surface area contributed by atoms with E-state index in [9.17, 15) is 4.79 Å². The van der Waals surface area contributed by atoms with Gasteiger partial charge in [0.15, 0.2) is 5.65 Å². The van der Waals surface area contributed by atoms with Crippen LogP contribution < -0.4 is 5.69 Å². The Morgan fingerprint density at radius 3 is 2.53 bits per heavy atom. The summed E-state index contributed by atoms with van der Waals surface area (Å²) in [5.74, 6) is 0.